The third-order valence-corrected chi connectivity index (χ3v) is 15.7. The molecule has 0 saturated heterocycles. The molecule has 10 rings (SSSR count). The van der Waals surface area contributed by atoms with E-state index in [4.69, 9.17) is 0 Å². The fraction of sp³-hybridized carbons (Fsp3) is 0.262. The summed E-state index contributed by atoms with van der Waals surface area (Å²) >= 11 is 7.98. The van der Waals surface area contributed by atoms with Gasteiger partial charge < -0.3 is 9.80 Å². The number of hydrogen-bond donors (Lipinski definition) is 0. The van der Waals surface area contributed by atoms with Gasteiger partial charge in [0, 0.05) is 43.1 Å². The van der Waals surface area contributed by atoms with Gasteiger partial charge in [0.2, 0.25) is 0 Å². The first-order valence-electron chi connectivity index (χ1n) is 25.7. The van der Waals surface area contributed by atoms with E-state index >= 15 is 0 Å². The van der Waals surface area contributed by atoms with Gasteiger partial charge in [0.1, 0.15) is 0 Å². The molecular formula is C65H64Br2N2. The van der Waals surface area contributed by atoms with Crippen molar-refractivity contribution in [3.05, 3.63) is 223 Å². The van der Waals surface area contributed by atoms with E-state index in [1.54, 1.807) is 0 Å². The van der Waals surface area contributed by atoms with Crippen LogP contribution in [0.15, 0.2) is 179 Å². The maximum atomic E-state index is 3.99. The largest absolute Gasteiger partial charge is 0.310 e. The van der Waals surface area contributed by atoms with E-state index in [2.05, 4.69) is 239 Å². The van der Waals surface area contributed by atoms with E-state index in [9.17, 15) is 0 Å². The van der Waals surface area contributed by atoms with E-state index in [1.165, 1.54) is 118 Å². The number of halogens is 2. The number of fused-ring (bicyclic) bond motifs is 10. The summed E-state index contributed by atoms with van der Waals surface area (Å²) in [5, 5.41) is 0. The van der Waals surface area contributed by atoms with E-state index in [0.717, 1.165) is 68.8 Å². The minimum absolute atomic E-state index is 0.603. The smallest absolute Gasteiger partial charge is 0.0727 e. The highest BCUT2D eigenvalue weighted by molar-refractivity contribution is 9.10. The van der Waals surface area contributed by atoms with Crippen molar-refractivity contribution < 1.29 is 0 Å². The molecule has 0 radical (unpaired) electrons. The normalized spacial score (nSPS) is 12.7. The zero-order chi connectivity index (χ0) is 47.5. The first-order chi connectivity index (χ1) is 33.8. The van der Waals surface area contributed by atoms with Crippen LogP contribution in [0.3, 0.4) is 0 Å². The third-order valence-electron chi connectivity index (χ3n) is 14.7. The summed E-state index contributed by atoms with van der Waals surface area (Å²) in [5.74, 6) is 0. The molecule has 0 atom stereocenters. The van der Waals surface area contributed by atoms with Gasteiger partial charge in [-0.25, -0.2) is 0 Å². The van der Waals surface area contributed by atoms with Crippen molar-refractivity contribution in [2.45, 2.75) is 110 Å². The molecule has 2 nitrogen and oxygen atoms in total. The van der Waals surface area contributed by atoms with Gasteiger partial charge in [0.25, 0.3) is 0 Å². The van der Waals surface area contributed by atoms with Gasteiger partial charge in [-0.05, 0) is 215 Å². The molecule has 0 saturated carbocycles. The molecule has 348 valence electrons. The van der Waals surface area contributed by atoms with Crippen LogP contribution in [0.4, 0.5) is 34.1 Å². The third kappa shape index (κ3) is 9.05. The van der Waals surface area contributed by atoms with Crippen LogP contribution in [-0.4, -0.2) is 0 Å². The zero-order valence-electron chi connectivity index (χ0n) is 40.8. The van der Waals surface area contributed by atoms with Crippen LogP contribution in [0.25, 0.3) is 22.3 Å². The molecule has 0 heterocycles. The molecule has 69 heavy (non-hydrogen) atoms. The van der Waals surface area contributed by atoms with Crippen LogP contribution in [0.5, 0.6) is 0 Å². The Hall–Kier alpha value is -5.68. The molecule has 0 amide bonds. The highest BCUT2D eigenvalue weighted by Crippen LogP contribution is 2.64. The Morgan fingerprint density at radius 3 is 0.826 bits per heavy atom. The molecule has 8 aromatic carbocycles. The number of hydrogen-bond acceptors (Lipinski definition) is 2. The van der Waals surface area contributed by atoms with Gasteiger partial charge in [-0.1, -0.05) is 158 Å². The van der Waals surface area contributed by atoms with Gasteiger partial charge in [-0.15, -0.1) is 0 Å². The van der Waals surface area contributed by atoms with Gasteiger partial charge >= 0.3 is 0 Å². The van der Waals surface area contributed by atoms with Crippen molar-refractivity contribution in [1.82, 2.24) is 0 Å². The van der Waals surface area contributed by atoms with E-state index in [1.807, 2.05) is 0 Å². The number of aryl methyl sites for hydroxylation is 4. The first-order valence-corrected chi connectivity index (χ1v) is 27.3. The Morgan fingerprint density at radius 1 is 0.304 bits per heavy atom. The van der Waals surface area contributed by atoms with E-state index in [0.29, 0.717) is 0 Å². The fourth-order valence-corrected chi connectivity index (χ4v) is 11.8. The second kappa shape index (κ2) is 20.7. The molecule has 2 aliphatic carbocycles. The van der Waals surface area contributed by atoms with Gasteiger partial charge in [0.15, 0.2) is 0 Å². The van der Waals surface area contributed by atoms with Crippen molar-refractivity contribution in [1.29, 1.82) is 0 Å². The lowest BCUT2D eigenvalue weighted by Crippen LogP contribution is -2.26. The predicted molar refractivity (Wildman–Crippen MR) is 302 cm³/mol. The Balaban J connectivity index is 1.19. The number of nitrogens with zero attached hydrogens (tertiary/aromatic N) is 2. The lowest BCUT2D eigenvalue weighted by atomic mass is 9.70. The molecule has 8 aromatic rings. The Morgan fingerprint density at radius 2 is 0.551 bits per heavy atom. The average Bonchev–Trinajstić information content (AvgIpc) is 3.83. The maximum Gasteiger partial charge on any atom is 0.0727 e. The van der Waals surface area contributed by atoms with Gasteiger partial charge in [-0.2, -0.15) is 0 Å². The van der Waals surface area contributed by atoms with Crippen LogP contribution in [0, 0.1) is 0 Å². The molecule has 0 bridgehead atoms. The zero-order valence-corrected chi connectivity index (χ0v) is 44.0. The SMILES string of the molecule is CCCCc1ccc(N(c2ccc(CCCC)cc2)c2ccc3c(c2)C2(c4cc(Br)ccc4-c4ccc(Br)cc42)c2cc(N(c4ccc(CCCC)cc4)c4ccc(CCCC)cc4)ccc2-3)cc1. The highest BCUT2D eigenvalue weighted by Gasteiger charge is 2.52. The lowest BCUT2D eigenvalue weighted by molar-refractivity contribution is 0.792. The van der Waals surface area contributed by atoms with Crippen LogP contribution >= 0.6 is 31.9 Å². The topological polar surface area (TPSA) is 6.48 Å². The van der Waals surface area contributed by atoms with Gasteiger partial charge in [-0.3, -0.25) is 0 Å². The highest BCUT2D eigenvalue weighted by atomic mass is 79.9. The van der Waals surface area contributed by atoms with Crippen LogP contribution < -0.4 is 9.80 Å². The second-order valence-electron chi connectivity index (χ2n) is 19.3. The maximum absolute atomic E-state index is 3.99. The Kier molecular flexibility index (Phi) is 14.1. The molecule has 0 aromatic heterocycles. The summed E-state index contributed by atoms with van der Waals surface area (Å²) in [5.41, 5.74) is 22.2. The Bertz CT molecular complexity index is 2750. The molecule has 2 aliphatic rings. The van der Waals surface area contributed by atoms with Crippen LogP contribution in [0.1, 0.15) is 124 Å². The van der Waals surface area contributed by atoms with Crippen molar-refractivity contribution in [3.63, 3.8) is 0 Å². The van der Waals surface area contributed by atoms with Crippen molar-refractivity contribution in [3.8, 4) is 22.3 Å². The van der Waals surface area contributed by atoms with E-state index in [-0.39, 0.29) is 0 Å². The number of unbranched alkanes of at least 4 members (excludes halogenated alkanes) is 4. The van der Waals surface area contributed by atoms with Crippen molar-refractivity contribution in [2.24, 2.45) is 0 Å². The summed E-state index contributed by atoms with van der Waals surface area (Å²) in [4.78, 5) is 4.95. The second-order valence-corrected chi connectivity index (χ2v) is 21.2. The summed E-state index contributed by atoms with van der Waals surface area (Å²) < 4.78 is 2.16. The molecule has 0 aliphatic heterocycles. The lowest BCUT2D eigenvalue weighted by Gasteiger charge is -2.33. The number of benzene rings is 8. The number of rotatable bonds is 18. The molecule has 0 unspecified atom stereocenters. The summed E-state index contributed by atoms with van der Waals surface area (Å²) in [6.07, 6.45) is 13.9. The van der Waals surface area contributed by atoms with Crippen molar-refractivity contribution in [2.75, 3.05) is 9.80 Å². The molecular weight excluding hydrogens is 969 g/mol. The minimum atomic E-state index is -0.603. The van der Waals surface area contributed by atoms with Crippen LogP contribution in [0.2, 0.25) is 0 Å². The molecule has 0 fully saturated rings. The standard InChI is InChI=1S/C65H64Br2N2/c1-5-9-13-45-17-27-51(28-18-45)68(52-29-19-46(20-30-52)14-10-6-2)55-35-39-59-60-40-36-56(69(53-31-21-47(22-32-53)15-11-7-3)54-33-23-48(24-34-54)16-12-8-4)44-64(60)65(63(59)43-55)61-41-49(66)25-37-57(61)58-38-26-50(67)42-62(58)65/h17-44H,5-16H2,1-4H3. The predicted octanol–water partition coefficient (Wildman–Crippen LogP) is 19.9. The Labute approximate surface area is 428 Å². The van der Waals surface area contributed by atoms with E-state index < -0.39 is 5.41 Å². The van der Waals surface area contributed by atoms with Crippen molar-refractivity contribution >= 4 is 66.0 Å². The average molecular weight is 1030 g/mol. The number of anilines is 6. The summed E-state index contributed by atoms with van der Waals surface area (Å²) in [6, 6.07) is 65.7. The quantitative estimate of drug-likeness (QED) is 0.0845. The molecule has 0 N–H and O–H groups in total. The molecule has 1 spiro atoms. The fourth-order valence-electron chi connectivity index (χ4n) is 11.1. The van der Waals surface area contributed by atoms with Gasteiger partial charge in [0.05, 0.1) is 5.41 Å². The first kappa shape index (κ1) is 47.0. The van der Waals surface area contributed by atoms with Crippen LogP contribution in [-0.2, 0) is 31.1 Å². The summed E-state index contributed by atoms with van der Waals surface area (Å²) in [6.45, 7) is 9.09. The molecule has 4 heteroatoms. The monoisotopic (exact) mass is 1030 g/mol. The minimum Gasteiger partial charge on any atom is -0.310 e. The summed E-state index contributed by atoms with van der Waals surface area (Å²) in [7, 11) is 0.